The maximum atomic E-state index is 13.2. The van der Waals surface area contributed by atoms with E-state index in [4.69, 9.17) is 0 Å². The maximum Gasteiger partial charge on any atom is 0.333 e. The van der Waals surface area contributed by atoms with Crippen molar-refractivity contribution in [3.8, 4) is 0 Å². The molecule has 3 rings (SSSR count). The van der Waals surface area contributed by atoms with Gasteiger partial charge in [-0.3, -0.25) is 19.4 Å². The van der Waals surface area contributed by atoms with Gasteiger partial charge in [-0.05, 0) is 38.0 Å². The van der Waals surface area contributed by atoms with Crippen LogP contribution in [0, 0.1) is 11.8 Å². The second-order valence-electron chi connectivity index (χ2n) is 8.46. The van der Waals surface area contributed by atoms with Crippen molar-refractivity contribution in [1.82, 2.24) is 9.80 Å². The van der Waals surface area contributed by atoms with E-state index in [1.165, 1.54) is 22.6 Å². The number of carbonyl (C=O) groups is 3. The number of amides is 4. The number of hydrogen-bond acceptors (Lipinski definition) is 3. The third-order valence-corrected chi connectivity index (χ3v) is 6.07. The molecular weight excluding hydrogens is 316 g/mol. The van der Waals surface area contributed by atoms with Crippen molar-refractivity contribution >= 4 is 17.8 Å². The van der Waals surface area contributed by atoms with Crippen molar-refractivity contribution in [2.75, 3.05) is 0 Å². The number of barbiturate groups is 1. The Labute approximate surface area is 151 Å². The normalized spacial score (nSPS) is 25.3. The first-order valence-electron chi connectivity index (χ1n) is 10.2. The quantitative estimate of drug-likeness (QED) is 0.719. The highest BCUT2D eigenvalue weighted by molar-refractivity contribution is 6.16. The topological polar surface area (TPSA) is 57.7 Å². The first kappa shape index (κ1) is 18.4. The summed E-state index contributed by atoms with van der Waals surface area (Å²) in [5.74, 6) is -0.876. The summed E-state index contributed by atoms with van der Waals surface area (Å²) in [7, 11) is 0. The van der Waals surface area contributed by atoms with Crippen LogP contribution in [0.15, 0.2) is 0 Å². The predicted molar refractivity (Wildman–Crippen MR) is 95.8 cm³/mol. The van der Waals surface area contributed by atoms with Crippen molar-refractivity contribution in [1.29, 1.82) is 0 Å². The number of hydrogen-bond donors (Lipinski definition) is 0. The molecule has 0 atom stereocenters. The maximum absolute atomic E-state index is 13.2. The number of carbonyl (C=O) groups excluding carboxylic acids is 3. The second-order valence-corrected chi connectivity index (χ2v) is 8.46. The smallest absolute Gasteiger partial charge is 0.273 e. The molecule has 3 fully saturated rings. The third-order valence-electron chi connectivity index (χ3n) is 6.07. The minimum atomic E-state index is -0.665. The standard InChI is InChI=1S/C20H32N2O3/c1-14(2)13-17-18(23)21(15-9-5-3-6-10-15)20(25)22(19(17)24)16-11-7-4-8-12-16/h14-17H,3-13H2,1-2H3. The fourth-order valence-corrected chi connectivity index (χ4v) is 4.77. The van der Waals surface area contributed by atoms with Gasteiger partial charge in [-0.2, -0.15) is 0 Å². The first-order chi connectivity index (χ1) is 12.0. The molecule has 0 N–H and O–H groups in total. The summed E-state index contributed by atoms with van der Waals surface area (Å²) in [5.41, 5.74) is 0. The molecule has 1 aliphatic heterocycles. The largest absolute Gasteiger partial charge is 0.333 e. The van der Waals surface area contributed by atoms with Crippen LogP contribution in [-0.2, 0) is 9.59 Å². The molecule has 25 heavy (non-hydrogen) atoms. The predicted octanol–water partition coefficient (Wildman–Crippen LogP) is 4.10. The molecule has 5 heteroatoms. The lowest BCUT2D eigenvalue weighted by Gasteiger charge is -2.45. The minimum Gasteiger partial charge on any atom is -0.273 e. The molecule has 0 radical (unpaired) electrons. The highest BCUT2D eigenvalue weighted by Crippen LogP contribution is 2.34. The Morgan fingerprint density at radius 1 is 0.760 bits per heavy atom. The summed E-state index contributed by atoms with van der Waals surface area (Å²) in [6.45, 7) is 4.07. The van der Waals surface area contributed by atoms with Crippen LogP contribution in [0.3, 0.4) is 0 Å². The average molecular weight is 348 g/mol. The van der Waals surface area contributed by atoms with Gasteiger partial charge in [0.25, 0.3) is 0 Å². The number of imide groups is 2. The molecular formula is C20H32N2O3. The van der Waals surface area contributed by atoms with E-state index < -0.39 is 5.92 Å². The Morgan fingerprint density at radius 2 is 1.16 bits per heavy atom. The minimum absolute atomic E-state index is 0.0115. The molecule has 1 heterocycles. The third kappa shape index (κ3) is 3.75. The van der Waals surface area contributed by atoms with Crippen molar-refractivity contribution in [3.63, 3.8) is 0 Å². The Morgan fingerprint density at radius 3 is 1.52 bits per heavy atom. The van der Waals surface area contributed by atoms with Crippen LogP contribution >= 0.6 is 0 Å². The zero-order valence-corrected chi connectivity index (χ0v) is 15.7. The molecule has 0 aromatic carbocycles. The molecule has 0 bridgehead atoms. The lowest BCUT2D eigenvalue weighted by molar-refractivity contribution is -0.153. The van der Waals surface area contributed by atoms with E-state index in [1.807, 2.05) is 13.8 Å². The molecule has 140 valence electrons. The molecule has 2 saturated carbocycles. The monoisotopic (exact) mass is 348 g/mol. The van der Waals surface area contributed by atoms with Gasteiger partial charge in [0.2, 0.25) is 11.8 Å². The van der Waals surface area contributed by atoms with Crippen molar-refractivity contribution in [2.45, 2.75) is 96.6 Å². The van der Waals surface area contributed by atoms with E-state index in [0.29, 0.717) is 6.42 Å². The van der Waals surface area contributed by atoms with Crippen LogP contribution in [0.25, 0.3) is 0 Å². The van der Waals surface area contributed by atoms with E-state index in [-0.39, 0.29) is 35.8 Å². The highest BCUT2D eigenvalue weighted by atomic mass is 16.2. The first-order valence-corrected chi connectivity index (χ1v) is 10.2. The van der Waals surface area contributed by atoms with Crippen LogP contribution in [0.5, 0.6) is 0 Å². The van der Waals surface area contributed by atoms with Crippen LogP contribution < -0.4 is 0 Å². The van der Waals surface area contributed by atoms with Gasteiger partial charge in [0.15, 0.2) is 0 Å². The fourth-order valence-electron chi connectivity index (χ4n) is 4.77. The zero-order valence-electron chi connectivity index (χ0n) is 15.7. The lowest BCUT2D eigenvalue weighted by atomic mass is 9.87. The van der Waals surface area contributed by atoms with Crippen molar-refractivity contribution < 1.29 is 14.4 Å². The molecule has 0 aromatic heterocycles. The summed E-state index contributed by atoms with van der Waals surface area (Å²) in [6, 6.07) is -0.348. The molecule has 5 nitrogen and oxygen atoms in total. The van der Waals surface area contributed by atoms with E-state index in [1.54, 1.807) is 0 Å². The fraction of sp³-hybridized carbons (Fsp3) is 0.850. The van der Waals surface area contributed by atoms with E-state index in [2.05, 4.69) is 0 Å². The molecule has 0 spiro atoms. The summed E-state index contributed by atoms with van der Waals surface area (Å²) in [4.78, 5) is 42.3. The molecule has 4 amide bonds. The average Bonchev–Trinajstić information content (AvgIpc) is 2.60. The summed E-state index contributed by atoms with van der Waals surface area (Å²) in [6.07, 6.45) is 10.7. The van der Waals surface area contributed by atoms with Crippen LogP contribution in [0.2, 0.25) is 0 Å². The Kier molecular flexibility index (Phi) is 5.80. The van der Waals surface area contributed by atoms with Gasteiger partial charge in [-0.15, -0.1) is 0 Å². The molecule has 2 aliphatic carbocycles. The van der Waals surface area contributed by atoms with E-state index >= 15 is 0 Å². The van der Waals surface area contributed by atoms with Gasteiger partial charge in [-0.25, -0.2) is 4.79 Å². The Balaban J connectivity index is 1.89. The molecule has 1 saturated heterocycles. The lowest BCUT2D eigenvalue weighted by Crippen LogP contribution is -2.65. The summed E-state index contributed by atoms with van der Waals surface area (Å²) < 4.78 is 0. The number of urea groups is 1. The van der Waals surface area contributed by atoms with Crippen molar-refractivity contribution in [3.05, 3.63) is 0 Å². The van der Waals surface area contributed by atoms with Gasteiger partial charge in [0.1, 0.15) is 5.92 Å². The van der Waals surface area contributed by atoms with Gasteiger partial charge in [-0.1, -0.05) is 52.4 Å². The van der Waals surface area contributed by atoms with E-state index in [0.717, 1.165) is 51.4 Å². The number of rotatable bonds is 4. The van der Waals surface area contributed by atoms with Crippen LogP contribution in [0.4, 0.5) is 4.79 Å². The van der Waals surface area contributed by atoms with Gasteiger partial charge in [0, 0.05) is 12.1 Å². The summed E-state index contributed by atoms with van der Waals surface area (Å²) in [5, 5.41) is 0. The Bertz CT molecular complexity index is 479. The SMILES string of the molecule is CC(C)CC1C(=O)N(C2CCCCC2)C(=O)N(C2CCCCC2)C1=O. The van der Waals surface area contributed by atoms with Crippen LogP contribution in [-0.4, -0.2) is 39.7 Å². The highest BCUT2D eigenvalue weighted by Gasteiger charge is 2.50. The Hall–Kier alpha value is -1.39. The second kappa shape index (κ2) is 7.88. The van der Waals surface area contributed by atoms with Gasteiger partial charge < -0.3 is 0 Å². The molecule has 3 aliphatic rings. The van der Waals surface area contributed by atoms with Gasteiger partial charge >= 0.3 is 6.03 Å². The summed E-state index contributed by atoms with van der Waals surface area (Å²) >= 11 is 0. The molecule has 0 unspecified atom stereocenters. The van der Waals surface area contributed by atoms with Crippen LogP contribution in [0.1, 0.15) is 84.5 Å². The number of nitrogens with zero attached hydrogens (tertiary/aromatic N) is 2. The van der Waals surface area contributed by atoms with Crippen molar-refractivity contribution in [2.24, 2.45) is 11.8 Å². The van der Waals surface area contributed by atoms with Gasteiger partial charge in [0.05, 0.1) is 0 Å². The molecule has 0 aromatic rings. The zero-order chi connectivity index (χ0) is 18.0. The van der Waals surface area contributed by atoms with E-state index in [9.17, 15) is 14.4 Å².